The molecule has 0 atom stereocenters. The van der Waals surface area contributed by atoms with E-state index in [0.717, 1.165) is 5.56 Å². The number of benzene rings is 1. The number of alkyl halides is 2. The van der Waals surface area contributed by atoms with Gasteiger partial charge in [-0.1, -0.05) is 0 Å². The van der Waals surface area contributed by atoms with Crippen molar-refractivity contribution in [1.82, 2.24) is 0 Å². The molecule has 1 aromatic rings. The Balaban J connectivity index is 2.30. The number of hydrogen-bond acceptors (Lipinski definition) is 3. The Kier molecular flexibility index (Phi) is 2.87. The Morgan fingerprint density at radius 1 is 1.53 bits per heavy atom. The summed E-state index contributed by atoms with van der Waals surface area (Å²) in [5.41, 5.74) is 8.16. The van der Waals surface area contributed by atoms with Gasteiger partial charge >= 0.3 is 0 Å². The molecule has 0 saturated carbocycles. The van der Waals surface area contributed by atoms with Gasteiger partial charge in [0.1, 0.15) is 0 Å². The molecular weight excluding hydrogens is 228 g/mol. The van der Waals surface area contributed by atoms with Gasteiger partial charge in [0.15, 0.2) is 0 Å². The van der Waals surface area contributed by atoms with Crippen LogP contribution in [0.3, 0.4) is 0 Å². The number of anilines is 3. The Bertz CT molecular complexity index is 462. The lowest BCUT2D eigenvalue weighted by Crippen LogP contribution is -2.24. The molecule has 1 amide bonds. The average molecular weight is 241 g/mol. The molecule has 0 spiro atoms. The molecule has 0 unspecified atom stereocenters. The van der Waals surface area contributed by atoms with Gasteiger partial charge in [-0.25, -0.2) is 8.78 Å². The normalized spacial score (nSPS) is 13.8. The monoisotopic (exact) mass is 241 g/mol. The Labute approximate surface area is 97.4 Å². The summed E-state index contributed by atoms with van der Waals surface area (Å²) < 4.78 is 24.6. The van der Waals surface area contributed by atoms with E-state index in [0.29, 0.717) is 23.5 Å². The van der Waals surface area contributed by atoms with Gasteiger partial charge in [0.25, 0.3) is 6.43 Å². The number of nitrogens with one attached hydrogen (secondary N) is 1. The van der Waals surface area contributed by atoms with Crippen LogP contribution in [0.2, 0.25) is 0 Å². The summed E-state index contributed by atoms with van der Waals surface area (Å²) in [7, 11) is 1.54. The van der Waals surface area contributed by atoms with Gasteiger partial charge in [-0.15, -0.1) is 0 Å². The van der Waals surface area contributed by atoms with Crippen molar-refractivity contribution in [1.29, 1.82) is 0 Å². The summed E-state index contributed by atoms with van der Waals surface area (Å²) in [5.74, 6) is -0.104. The second-order valence-electron chi connectivity index (χ2n) is 4.06. The number of nitrogen functional groups attached to an aromatic ring is 1. The molecule has 0 bridgehead atoms. The summed E-state index contributed by atoms with van der Waals surface area (Å²) in [5, 5.41) is 2.66. The zero-order chi connectivity index (χ0) is 12.6. The van der Waals surface area contributed by atoms with E-state index in [9.17, 15) is 13.6 Å². The third-order valence-corrected chi connectivity index (χ3v) is 2.70. The van der Waals surface area contributed by atoms with Crippen LogP contribution in [-0.2, 0) is 11.2 Å². The Morgan fingerprint density at radius 2 is 2.24 bits per heavy atom. The van der Waals surface area contributed by atoms with Crippen LogP contribution in [-0.4, -0.2) is 25.9 Å². The molecule has 1 heterocycles. The highest BCUT2D eigenvalue weighted by Crippen LogP contribution is 2.33. The molecule has 3 N–H and O–H groups in total. The first-order valence-corrected chi connectivity index (χ1v) is 5.19. The van der Waals surface area contributed by atoms with E-state index in [-0.39, 0.29) is 5.91 Å². The van der Waals surface area contributed by atoms with E-state index in [1.54, 1.807) is 19.2 Å². The van der Waals surface area contributed by atoms with Crippen molar-refractivity contribution in [3.63, 3.8) is 0 Å². The fourth-order valence-electron chi connectivity index (χ4n) is 1.92. The third-order valence-electron chi connectivity index (χ3n) is 2.70. The molecule has 0 radical (unpaired) electrons. The smallest absolute Gasteiger partial charge is 0.255 e. The molecule has 4 nitrogen and oxygen atoms in total. The lowest BCUT2D eigenvalue weighted by Gasteiger charge is -2.21. The fourth-order valence-corrected chi connectivity index (χ4v) is 1.92. The van der Waals surface area contributed by atoms with Crippen molar-refractivity contribution in [2.45, 2.75) is 12.8 Å². The summed E-state index contributed by atoms with van der Waals surface area (Å²) in [6.45, 7) is -0.392. The molecule has 92 valence electrons. The Morgan fingerprint density at radius 3 is 2.88 bits per heavy atom. The number of fused-ring (bicyclic) bond motifs is 1. The highest BCUT2D eigenvalue weighted by molar-refractivity contribution is 6.00. The van der Waals surface area contributed by atoms with Gasteiger partial charge in [0.2, 0.25) is 5.91 Å². The standard InChI is InChI=1S/C11H13F2N3O/c1-16(5-10(12)13)9-4-8-6(2-7(9)14)3-11(17)15-8/h2,4,10H,3,5,14H2,1H3,(H,15,17). The topological polar surface area (TPSA) is 58.4 Å². The molecule has 0 fully saturated rings. The summed E-state index contributed by atoms with van der Waals surface area (Å²) >= 11 is 0. The molecule has 0 saturated heterocycles. The predicted molar refractivity (Wildman–Crippen MR) is 62.5 cm³/mol. The van der Waals surface area contributed by atoms with Gasteiger partial charge in [-0.05, 0) is 17.7 Å². The van der Waals surface area contributed by atoms with Crippen LogP contribution in [0.1, 0.15) is 5.56 Å². The minimum atomic E-state index is -2.43. The first-order valence-electron chi connectivity index (χ1n) is 5.19. The van der Waals surface area contributed by atoms with Crippen LogP contribution in [0.4, 0.5) is 25.8 Å². The highest BCUT2D eigenvalue weighted by Gasteiger charge is 2.21. The zero-order valence-corrected chi connectivity index (χ0v) is 9.34. The average Bonchev–Trinajstić information content (AvgIpc) is 2.54. The molecular formula is C11H13F2N3O. The first kappa shape index (κ1) is 11.6. The summed E-state index contributed by atoms with van der Waals surface area (Å²) in [6, 6.07) is 3.29. The lowest BCUT2D eigenvalue weighted by molar-refractivity contribution is -0.115. The zero-order valence-electron chi connectivity index (χ0n) is 9.34. The predicted octanol–water partition coefficient (Wildman–Crippen LogP) is 1.46. The second kappa shape index (κ2) is 4.20. The minimum Gasteiger partial charge on any atom is -0.397 e. The molecule has 6 heteroatoms. The van der Waals surface area contributed by atoms with Gasteiger partial charge in [0, 0.05) is 12.7 Å². The molecule has 0 aromatic heterocycles. The number of halogens is 2. The maximum atomic E-state index is 12.3. The molecule has 17 heavy (non-hydrogen) atoms. The molecule has 1 aliphatic heterocycles. The van der Waals surface area contributed by atoms with Gasteiger partial charge in [0.05, 0.1) is 24.3 Å². The van der Waals surface area contributed by atoms with Crippen LogP contribution in [0.5, 0.6) is 0 Å². The third kappa shape index (κ3) is 2.30. The number of carbonyl (C=O) groups excluding carboxylic acids is 1. The number of nitrogens with zero attached hydrogens (tertiary/aromatic N) is 1. The van der Waals surface area contributed by atoms with Gasteiger partial charge < -0.3 is 16.0 Å². The van der Waals surface area contributed by atoms with Crippen LogP contribution in [0, 0.1) is 0 Å². The number of amides is 1. The van der Waals surface area contributed by atoms with E-state index in [4.69, 9.17) is 5.73 Å². The van der Waals surface area contributed by atoms with Crippen molar-refractivity contribution < 1.29 is 13.6 Å². The first-order chi connectivity index (χ1) is 7.97. The van der Waals surface area contributed by atoms with Crippen molar-refractivity contribution >= 4 is 23.0 Å². The van der Waals surface area contributed by atoms with Crippen LogP contribution >= 0.6 is 0 Å². The SMILES string of the molecule is CN(CC(F)F)c1cc2c(cc1N)CC(=O)N2. The van der Waals surface area contributed by atoms with E-state index in [2.05, 4.69) is 5.32 Å². The van der Waals surface area contributed by atoms with E-state index in [1.165, 1.54) is 4.90 Å². The second-order valence-corrected chi connectivity index (χ2v) is 4.06. The number of nitrogens with two attached hydrogens (primary N) is 1. The molecule has 0 aliphatic carbocycles. The highest BCUT2D eigenvalue weighted by atomic mass is 19.3. The van der Waals surface area contributed by atoms with Crippen LogP contribution < -0.4 is 16.0 Å². The molecule has 1 aromatic carbocycles. The summed E-state index contributed by atoms with van der Waals surface area (Å²) in [4.78, 5) is 12.6. The van der Waals surface area contributed by atoms with Crippen LogP contribution in [0.15, 0.2) is 12.1 Å². The Hall–Kier alpha value is -1.85. The number of rotatable bonds is 3. The van der Waals surface area contributed by atoms with Crippen molar-refractivity contribution in [2.24, 2.45) is 0 Å². The molecule has 1 aliphatic rings. The summed E-state index contributed by atoms with van der Waals surface area (Å²) in [6.07, 6.45) is -2.14. The van der Waals surface area contributed by atoms with Crippen LogP contribution in [0.25, 0.3) is 0 Å². The van der Waals surface area contributed by atoms with Crippen molar-refractivity contribution in [2.75, 3.05) is 29.5 Å². The maximum absolute atomic E-state index is 12.3. The van der Waals surface area contributed by atoms with Gasteiger partial charge in [-0.3, -0.25) is 4.79 Å². The maximum Gasteiger partial charge on any atom is 0.255 e. The van der Waals surface area contributed by atoms with E-state index >= 15 is 0 Å². The fraction of sp³-hybridized carbons (Fsp3) is 0.364. The quantitative estimate of drug-likeness (QED) is 0.788. The van der Waals surface area contributed by atoms with Crippen molar-refractivity contribution in [3.8, 4) is 0 Å². The van der Waals surface area contributed by atoms with Crippen molar-refractivity contribution in [3.05, 3.63) is 17.7 Å². The van der Waals surface area contributed by atoms with Gasteiger partial charge in [-0.2, -0.15) is 0 Å². The number of hydrogen-bond donors (Lipinski definition) is 2. The van der Waals surface area contributed by atoms with E-state index in [1.807, 2.05) is 0 Å². The minimum absolute atomic E-state index is 0.104. The lowest BCUT2D eigenvalue weighted by atomic mass is 10.1. The molecule has 2 rings (SSSR count). The largest absolute Gasteiger partial charge is 0.397 e. The number of carbonyl (C=O) groups is 1. The van der Waals surface area contributed by atoms with E-state index < -0.39 is 13.0 Å².